The van der Waals surface area contributed by atoms with Crippen LogP contribution in [0.2, 0.25) is 0 Å². The zero-order valence-electron chi connectivity index (χ0n) is 9.60. The monoisotopic (exact) mass is 237 g/mol. The normalized spacial score (nSPS) is 9.71. The SMILES string of the molecule is CCCOc1ccccc1NC(=O)CC(=O)O. The third-order valence-electron chi connectivity index (χ3n) is 1.93. The molecule has 1 rings (SSSR count). The third-order valence-corrected chi connectivity index (χ3v) is 1.93. The first-order valence-electron chi connectivity index (χ1n) is 5.37. The molecular weight excluding hydrogens is 222 g/mol. The van der Waals surface area contributed by atoms with E-state index in [1.165, 1.54) is 0 Å². The zero-order valence-corrected chi connectivity index (χ0v) is 9.60. The van der Waals surface area contributed by atoms with Gasteiger partial charge in [0.25, 0.3) is 0 Å². The number of hydrogen-bond acceptors (Lipinski definition) is 3. The van der Waals surface area contributed by atoms with E-state index in [1.54, 1.807) is 24.3 Å². The molecule has 0 saturated heterocycles. The Morgan fingerprint density at radius 3 is 2.71 bits per heavy atom. The summed E-state index contributed by atoms with van der Waals surface area (Å²) in [5, 5.41) is 11.0. The molecule has 0 aliphatic carbocycles. The Morgan fingerprint density at radius 2 is 2.06 bits per heavy atom. The summed E-state index contributed by atoms with van der Waals surface area (Å²) in [4.78, 5) is 21.7. The quantitative estimate of drug-likeness (QED) is 0.741. The number of rotatable bonds is 6. The van der Waals surface area contributed by atoms with Crippen molar-refractivity contribution >= 4 is 17.6 Å². The number of nitrogens with one attached hydrogen (secondary N) is 1. The molecule has 1 amide bonds. The number of carbonyl (C=O) groups excluding carboxylic acids is 1. The van der Waals surface area contributed by atoms with Gasteiger partial charge in [-0.1, -0.05) is 19.1 Å². The number of benzene rings is 1. The van der Waals surface area contributed by atoms with Gasteiger partial charge in [-0.3, -0.25) is 9.59 Å². The molecule has 0 bridgehead atoms. The highest BCUT2D eigenvalue weighted by atomic mass is 16.5. The Balaban J connectivity index is 2.69. The van der Waals surface area contributed by atoms with E-state index in [0.717, 1.165) is 6.42 Å². The maximum absolute atomic E-state index is 11.3. The molecule has 0 radical (unpaired) electrons. The van der Waals surface area contributed by atoms with Gasteiger partial charge in [-0.2, -0.15) is 0 Å². The standard InChI is InChI=1S/C12H15NO4/c1-2-7-17-10-6-4-3-5-9(10)13-11(14)8-12(15)16/h3-6H,2,7-8H2,1H3,(H,13,14)(H,15,16). The number of amides is 1. The minimum Gasteiger partial charge on any atom is -0.491 e. The highest BCUT2D eigenvalue weighted by molar-refractivity contribution is 6.02. The van der Waals surface area contributed by atoms with E-state index < -0.39 is 18.3 Å². The second kappa shape index (κ2) is 6.52. The Bertz CT molecular complexity index is 403. The first-order valence-corrected chi connectivity index (χ1v) is 5.37. The van der Waals surface area contributed by atoms with Crippen LogP contribution in [0.15, 0.2) is 24.3 Å². The molecule has 0 aliphatic heterocycles. The molecule has 0 saturated carbocycles. The van der Waals surface area contributed by atoms with E-state index >= 15 is 0 Å². The van der Waals surface area contributed by atoms with Crippen molar-refractivity contribution in [1.29, 1.82) is 0 Å². The lowest BCUT2D eigenvalue weighted by atomic mass is 10.2. The number of ether oxygens (including phenoxy) is 1. The summed E-state index contributed by atoms with van der Waals surface area (Å²) in [6.45, 7) is 2.53. The number of carboxylic acids is 1. The Hall–Kier alpha value is -2.04. The van der Waals surface area contributed by atoms with Crippen molar-refractivity contribution < 1.29 is 19.4 Å². The summed E-state index contributed by atoms with van der Waals surface area (Å²) in [6.07, 6.45) is 0.305. The third kappa shape index (κ3) is 4.55. The maximum Gasteiger partial charge on any atom is 0.312 e. The van der Waals surface area contributed by atoms with Crippen LogP contribution in [0.4, 0.5) is 5.69 Å². The predicted molar refractivity (Wildman–Crippen MR) is 63.1 cm³/mol. The summed E-state index contributed by atoms with van der Waals surface area (Å²) in [7, 11) is 0. The van der Waals surface area contributed by atoms with Gasteiger partial charge in [0, 0.05) is 0 Å². The molecule has 5 heteroatoms. The lowest BCUT2D eigenvalue weighted by molar-refractivity contribution is -0.139. The van der Waals surface area contributed by atoms with Gasteiger partial charge in [0.05, 0.1) is 12.3 Å². The molecule has 1 aromatic rings. The van der Waals surface area contributed by atoms with Crippen LogP contribution in [-0.4, -0.2) is 23.6 Å². The van der Waals surface area contributed by atoms with Gasteiger partial charge in [-0.25, -0.2) is 0 Å². The topological polar surface area (TPSA) is 75.6 Å². The first-order chi connectivity index (χ1) is 8.13. The van der Waals surface area contributed by atoms with Crippen molar-refractivity contribution in [3.63, 3.8) is 0 Å². The van der Waals surface area contributed by atoms with E-state index in [9.17, 15) is 9.59 Å². The van der Waals surface area contributed by atoms with Gasteiger partial charge >= 0.3 is 5.97 Å². The van der Waals surface area contributed by atoms with Crippen molar-refractivity contribution in [3.05, 3.63) is 24.3 Å². The summed E-state index contributed by atoms with van der Waals surface area (Å²) >= 11 is 0. The fourth-order valence-electron chi connectivity index (χ4n) is 1.24. The minimum atomic E-state index is -1.16. The van der Waals surface area contributed by atoms with E-state index in [0.29, 0.717) is 18.0 Å². The van der Waals surface area contributed by atoms with Crippen molar-refractivity contribution in [2.24, 2.45) is 0 Å². The molecule has 0 fully saturated rings. The van der Waals surface area contributed by atoms with E-state index in [-0.39, 0.29) is 0 Å². The van der Waals surface area contributed by atoms with E-state index in [1.807, 2.05) is 6.92 Å². The molecule has 0 unspecified atom stereocenters. The number of anilines is 1. The number of hydrogen-bond donors (Lipinski definition) is 2. The van der Waals surface area contributed by atoms with Gasteiger partial charge < -0.3 is 15.2 Å². The molecular formula is C12H15NO4. The van der Waals surface area contributed by atoms with Crippen LogP contribution < -0.4 is 10.1 Å². The van der Waals surface area contributed by atoms with Crippen LogP contribution in [0, 0.1) is 0 Å². The van der Waals surface area contributed by atoms with Crippen LogP contribution in [0.1, 0.15) is 19.8 Å². The minimum absolute atomic E-state index is 0.493. The highest BCUT2D eigenvalue weighted by Crippen LogP contribution is 2.23. The summed E-state index contributed by atoms with van der Waals surface area (Å²) in [5.41, 5.74) is 0.493. The lowest BCUT2D eigenvalue weighted by Gasteiger charge is -2.11. The van der Waals surface area contributed by atoms with Crippen LogP contribution in [0.5, 0.6) is 5.75 Å². The highest BCUT2D eigenvalue weighted by Gasteiger charge is 2.10. The first kappa shape index (κ1) is 13.0. The molecule has 5 nitrogen and oxygen atoms in total. The van der Waals surface area contributed by atoms with E-state index in [2.05, 4.69) is 5.32 Å². The Labute approximate surface area is 99.4 Å². The molecule has 1 aromatic carbocycles. The summed E-state index contributed by atoms with van der Waals surface area (Å²) in [6, 6.07) is 6.93. The molecule has 0 spiro atoms. The molecule has 0 atom stereocenters. The number of aliphatic carboxylic acids is 1. The van der Waals surface area contributed by atoms with Crippen molar-refractivity contribution in [1.82, 2.24) is 0 Å². The van der Waals surface area contributed by atoms with Gasteiger partial charge in [-0.15, -0.1) is 0 Å². The molecule has 0 aromatic heterocycles. The van der Waals surface area contributed by atoms with E-state index in [4.69, 9.17) is 9.84 Å². The average molecular weight is 237 g/mol. The molecule has 2 N–H and O–H groups in total. The second-order valence-electron chi connectivity index (χ2n) is 3.46. The Kier molecular flexibility index (Phi) is 5.00. The average Bonchev–Trinajstić information content (AvgIpc) is 2.26. The number of carbonyl (C=O) groups is 2. The predicted octanol–water partition coefficient (Wildman–Crippen LogP) is 1.89. The molecule has 92 valence electrons. The van der Waals surface area contributed by atoms with Crippen molar-refractivity contribution in [3.8, 4) is 5.75 Å². The van der Waals surface area contributed by atoms with Gasteiger partial charge in [0.2, 0.25) is 5.91 Å². The summed E-state index contributed by atoms with van der Waals surface area (Å²) in [5.74, 6) is -1.17. The lowest BCUT2D eigenvalue weighted by Crippen LogP contribution is -2.16. The second-order valence-corrected chi connectivity index (χ2v) is 3.46. The Morgan fingerprint density at radius 1 is 1.35 bits per heavy atom. The van der Waals surface area contributed by atoms with Gasteiger partial charge in [0.1, 0.15) is 12.2 Å². The molecule has 0 aliphatic rings. The molecule has 17 heavy (non-hydrogen) atoms. The maximum atomic E-state index is 11.3. The van der Waals surface area contributed by atoms with Crippen molar-refractivity contribution in [2.75, 3.05) is 11.9 Å². The molecule has 0 heterocycles. The fourth-order valence-corrected chi connectivity index (χ4v) is 1.24. The van der Waals surface area contributed by atoms with Crippen LogP contribution in [0.25, 0.3) is 0 Å². The summed E-state index contributed by atoms with van der Waals surface area (Å²) < 4.78 is 5.43. The van der Waals surface area contributed by atoms with Gasteiger partial charge in [0.15, 0.2) is 0 Å². The van der Waals surface area contributed by atoms with Crippen LogP contribution in [0.3, 0.4) is 0 Å². The van der Waals surface area contributed by atoms with Gasteiger partial charge in [-0.05, 0) is 18.6 Å². The largest absolute Gasteiger partial charge is 0.491 e. The fraction of sp³-hybridized carbons (Fsp3) is 0.333. The van der Waals surface area contributed by atoms with Crippen LogP contribution in [-0.2, 0) is 9.59 Å². The van der Waals surface area contributed by atoms with Crippen LogP contribution >= 0.6 is 0 Å². The number of para-hydroxylation sites is 2. The number of carboxylic acid groups (broad SMARTS) is 1. The smallest absolute Gasteiger partial charge is 0.312 e. The zero-order chi connectivity index (χ0) is 12.7. The van der Waals surface area contributed by atoms with Crippen molar-refractivity contribution in [2.45, 2.75) is 19.8 Å².